The van der Waals surface area contributed by atoms with Gasteiger partial charge in [-0.05, 0) is 48.9 Å². The summed E-state index contributed by atoms with van der Waals surface area (Å²) in [4.78, 5) is 15.6. The highest BCUT2D eigenvalue weighted by Crippen LogP contribution is 2.40. The third-order valence-corrected chi connectivity index (χ3v) is 7.33. The van der Waals surface area contributed by atoms with Gasteiger partial charge in [-0.2, -0.15) is 5.26 Å². The summed E-state index contributed by atoms with van der Waals surface area (Å²) in [5.41, 5.74) is 2.75. The van der Waals surface area contributed by atoms with Crippen LogP contribution in [-0.4, -0.2) is 5.91 Å². The van der Waals surface area contributed by atoms with Gasteiger partial charge >= 0.3 is 0 Å². The van der Waals surface area contributed by atoms with Crippen LogP contribution >= 0.6 is 23.1 Å². The number of fused-ring (bicyclic) bond motifs is 1. The largest absolute Gasteiger partial charge is 0.315 e. The molecule has 3 aromatic rings. The summed E-state index contributed by atoms with van der Waals surface area (Å²) in [6.45, 7) is 0. The third-order valence-electron chi connectivity index (χ3n) is 4.86. The molecule has 1 atom stereocenters. The monoisotopic (exact) mass is 404 g/mol. The number of thiophene rings is 1. The zero-order valence-corrected chi connectivity index (χ0v) is 17.0. The van der Waals surface area contributed by atoms with Crippen LogP contribution in [0.25, 0.3) is 0 Å². The van der Waals surface area contributed by atoms with E-state index in [-0.39, 0.29) is 11.2 Å². The molecule has 0 radical (unpaired) electrons. The molecule has 0 saturated carbocycles. The van der Waals surface area contributed by atoms with E-state index in [0.29, 0.717) is 10.6 Å². The predicted octanol–water partition coefficient (Wildman–Crippen LogP) is 5.97. The SMILES string of the molecule is N#Cc1c(NC(=O)[C@H](Sc2ccccc2)c2ccccc2)sc2c1CCCC2. The summed E-state index contributed by atoms with van der Waals surface area (Å²) in [5, 5.41) is 13.1. The van der Waals surface area contributed by atoms with Gasteiger partial charge in [-0.25, -0.2) is 0 Å². The maximum Gasteiger partial charge on any atom is 0.243 e. The minimum Gasteiger partial charge on any atom is -0.315 e. The molecular weight excluding hydrogens is 384 g/mol. The molecule has 0 saturated heterocycles. The van der Waals surface area contributed by atoms with Crippen LogP contribution < -0.4 is 5.32 Å². The van der Waals surface area contributed by atoms with Gasteiger partial charge < -0.3 is 5.32 Å². The molecule has 3 nitrogen and oxygen atoms in total. The van der Waals surface area contributed by atoms with Gasteiger partial charge in [-0.1, -0.05) is 48.5 Å². The Labute approximate surface area is 173 Å². The highest BCUT2D eigenvalue weighted by molar-refractivity contribution is 8.00. The van der Waals surface area contributed by atoms with Crippen molar-refractivity contribution < 1.29 is 4.79 Å². The second-order valence-electron chi connectivity index (χ2n) is 6.74. The minimum absolute atomic E-state index is 0.0878. The van der Waals surface area contributed by atoms with Gasteiger partial charge in [-0.15, -0.1) is 23.1 Å². The molecule has 1 N–H and O–H groups in total. The molecule has 1 aliphatic carbocycles. The number of carbonyl (C=O) groups is 1. The number of rotatable bonds is 5. The Morgan fingerprint density at radius 1 is 1.04 bits per heavy atom. The van der Waals surface area contributed by atoms with Crippen molar-refractivity contribution in [1.29, 1.82) is 5.26 Å². The summed E-state index contributed by atoms with van der Waals surface area (Å²) < 4.78 is 0. The van der Waals surface area contributed by atoms with Gasteiger partial charge in [0.1, 0.15) is 16.3 Å². The molecule has 5 heteroatoms. The molecule has 4 rings (SSSR count). The molecule has 0 spiro atoms. The van der Waals surface area contributed by atoms with E-state index >= 15 is 0 Å². The average Bonchev–Trinajstić information content (AvgIpc) is 3.10. The average molecular weight is 405 g/mol. The minimum atomic E-state index is -0.380. The van der Waals surface area contributed by atoms with Gasteiger partial charge in [-0.3, -0.25) is 4.79 Å². The van der Waals surface area contributed by atoms with Crippen molar-refractivity contribution in [3.05, 3.63) is 82.2 Å². The second kappa shape index (κ2) is 8.64. The number of aryl methyl sites for hydroxylation is 1. The molecule has 0 bridgehead atoms. The Balaban J connectivity index is 1.63. The van der Waals surface area contributed by atoms with Crippen molar-refractivity contribution in [3.8, 4) is 6.07 Å². The van der Waals surface area contributed by atoms with Crippen LogP contribution in [0.5, 0.6) is 0 Å². The Bertz CT molecular complexity index is 1010. The number of nitriles is 1. The van der Waals surface area contributed by atoms with Crippen LogP contribution in [0, 0.1) is 11.3 Å². The van der Waals surface area contributed by atoms with Crippen molar-refractivity contribution >= 4 is 34.0 Å². The maximum absolute atomic E-state index is 13.3. The standard InChI is InChI=1S/C23H20N2OS2/c24-15-19-18-13-7-8-14-20(18)28-23(19)25-22(26)21(16-9-3-1-4-10-16)27-17-11-5-2-6-12-17/h1-6,9-12,21H,7-8,13-14H2,(H,25,26)/t21-/m1/s1. The molecule has 0 unspecified atom stereocenters. The van der Waals surface area contributed by atoms with Crippen LogP contribution in [0.2, 0.25) is 0 Å². The molecule has 28 heavy (non-hydrogen) atoms. The zero-order valence-electron chi connectivity index (χ0n) is 15.4. The van der Waals surface area contributed by atoms with Crippen LogP contribution in [0.1, 0.15) is 39.7 Å². The van der Waals surface area contributed by atoms with Crippen LogP contribution in [0.4, 0.5) is 5.00 Å². The van der Waals surface area contributed by atoms with Gasteiger partial charge in [0, 0.05) is 9.77 Å². The van der Waals surface area contributed by atoms with Gasteiger partial charge in [0.25, 0.3) is 0 Å². The quantitative estimate of drug-likeness (QED) is 0.533. The second-order valence-corrected chi connectivity index (χ2v) is 9.02. The molecule has 2 aromatic carbocycles. The Kier molecular flexibility index (Phi) is 5.80. The third kappa shape index (κ3) is 3.99. The molecule has 0 aliphatic heterocycles. The lowest BCUT2D eigenvalue weighted by atomic mass is 9.96. The van der Waals surface area contributed by atoms with Crippen molar-refractivity contribution in [2.24, 2.45) is 0 Å². The zero-order chi connectivity index (χ0) is 19.3. The van der Waals surface area contributed by atoms with E-state index in [9.17, 15) is 10.1 Å². The molecule has 1 aromatic heterocycles. The lowest BCUT2D eigenvalue weighted by molar-refractivity contribution is -0.115. The fraction of sp³-hybridized carbons (Fsp3) is 0.217. The molecular formula is C23H20N2OS2. The number of hydrogen-bond donors (Lipinski definition) is 1. The summed E-state index contributed by atoms with van der Waals surface area (Å²) in [5.74, 6) is -0.0878. The topological polar surface area (TPSA) is 52.9 Å². The van der Waals surface area contributed by atoms with Gasteiger partial charge in [0.2, 0.25) is 5.91 Å². The van der Waals surface area contributed by atoms with E-state index < -0.39 is 0 Å². The molecule has 1 aliphatic rings. The number of nitrogens with zero attached hydrogens (tertiary/aromatic N) is 1. The van der Waals surface area contributed by atoms with E-state index in [0.717, 1.165) is 41.7 Å². The van der Waals surface area contributed by atoms with Crippen molar-refractivity contribution in [2.45, 2.75) is 35.8 Å². The van der Waals surface area contributed by atoms with E-state index in [2.05, 4.69) is 11.4 Å². The Morgan fingerprint density at radius 3 is 2.43 bits per heavy atom. The van der Waals surface area contributed by atoms with Crippen LogP contribution in [-0.2, 0) is 17.6 Å². The highest BCUT2D eigenvalue weighted by atomic mass is 32.2. The van der Waals surface area contributed by atoms with Crippen molar-refractivity contribution in [2.75, 3.05) is 5.32 Å². The predicted molar refractivity (Wildman–Crippen MR) is 116 cm³/mol. The van der Waals surface area contributed by atoms with E-state index in [1.807, 2.05) is 60.7 Å². The molecule has 140 valence electrons. The first kappa shape index (κ1) is 18.8. The number of hydrogen-bond acceptors (Lipinski definition) is 4. The van der Waals surface area contributed by atoms with E-state index in [4.69, 9.17) is 0 Å². The number of nitrogens with one attached hydrogen (secondary N) is 1. The normalized spacial score (nSPS) is 14.0. The summed E-state index contributed by atoms with van der Waals surface area (Å²) in [6.07, 6.45) is 4.21. The fourth-order valence-corrected chi connectivity index (χ4v) is 5.77. The first-order valence-electron chi connectivity index (χ1n) is 9.38. The first-order chi connectivity index (χ1) is 13.8. The van der Waals surface area contributed by atoms with Crippen molar-refractivity contribution in [1.82, 2.24) is 0 Å². The van der Waals surface area contributed by atoms with Gasteiger partial charge in [0.05, 0.1) is 5.56 Å². The number of benzene rings is 2. The Morgan fingerprint density at radius 2 is 1.71 bits per heavy atom. The number of thioether (sulfide) groups is 1. The molecule has 0 fully saturated rings. The lowest BCUT2D eigenvalue weighted by Gasteiger charge is -2.16. The number of amides is 1. The summed E-state index contributed by atoms with van der Waals surface area (Å²) in [6, 6.07) is 22.1. The summed E-state index contributed by atoms with van der Waals surface area (Å²) in [7, 11) is 0. The smallest absolute Gasteiger partial charge is 0.243 e. The van der Waals surface area contributed by atoms with E-state index in [1.54, 1.807) is 11.3 Å². The maximum atomic E-state index is 13.3. The van der Waals surface area contributed by atoms with Crippen LogP contribution in [0.3, 0.4) is 0 Å². The summed E-state index contributed by atoms with van der Waals surface area (Å²) >= 11 is 3.10. The number of anilines is 1. The first-order valence-corrected chi connectivity index (χ1v) is 11.1. The number of carbonyl (C=O) groups excluding carboxylic acids is 1. The molecule has 1 heterocycles. The molecule has 1 amide bonds. The fourth-order valence-electron chi connectivity index (χ4n) is 3.49. The Hall–Kier alpha value is -2.55. The lowest BCUT2D eigenvalue weighted by Crippen LogP contribution is -2.19. The highest BCUT2D eigenvalue weighted by Gasteiger charge is 2.26. The van der Waals surface area contributed by atoms with Gasteiger partial charge in [0.15, 0.2) is 0 Å². The van der Waals surface area contributed by atoms with Crippen LogP contribution in [0.15, 0.2) is 65.6 Å². The van der Waals surface area contributed by atoms with E-state index in [1.165, 1.54) is 16.6 Å². The van der Waals surface area contributed by atoms with Crippen molar-refractivity contribution in [3.63, 3.8) is 0 Å².